The van der Waals surface area contributed by atoms with Gasteiger partial charge in [-0.1, -0.05) is 13.8 Å². The third-order valence-corrected chi connectivity index (χ3v) is 4.09. The molecule has 1 aliphatic rings. The SMILES string of the molecule is CC(C)C[C@H](N)C(=O)NC1(C(=O)O)C[C@H](C(=O)O)[C@H](C(=O)O)C1.Cl. The number of carbonyl (C=O) groups excluding carboxylic acids is 1. The van der Waals surface area contributed by atoms with E-state index >= 15 is 0 Å². The van der Waals surface area contributed by atoms with Gasteiger partial charge in [-0.15, -0.1) is 12.4 Å². The third kappa shape index (κ3) is 4.81. The number of aliphatic carboxylic acids is 3. The van der Waals surface area contributed by atoms with E-state index < -0.39 is 60.1 Å². The van der Waals surface area contributed by atoms with Crippen molar-refractivity contribution < 1.29 is 34.5 Å². The number of hydrogen-bond donors (Lipinski definition) is 5. The topological polar surface area (TPSA) is 167 Å². The Morgan fingerprint density at radius 2 is 1.50 bits per heavy atom. The summed E-state index contributed by atoms with van der Waals surface area (Å²) in [6, 6.07) is -0.946. The summed E-state index contributed by atoms with van der Waals surface area (Å²) in [7, 11) is 0. The van der Waals surface area contributed by atoms with Crippen LogP contribution in [0, 0.1) is 17.8 Å². The molecule has 0 spiro atoms. The molecule has 24 heavy (non-hydrogen) atoms. The number of nitrogens with one attached hydrogen (secondary N) is 1. The second kappa shape index (κ2) is 8.29. The average molecular weight is 367 g/mol. The summed E-state index contributed by atoms with van der Waals surface area (Å²) in [6.07, 6.45) is -0.657. The standard InChI is InChI=1S/C14H22N2O7.ClH/c1-6(2)3-9(15)10(17)16-14(13(22)23)4-7(11(18)19)8(5-14)12(20)21;/h6-9H,3-5,15H2,1-2H3,(H,16,17)(H,18,19)(H,20,21)(H,22,23);1H/t7-,8+,9-,14?;/m0./s1. The smallest absolute Gasteiger partial charge is 0.329 e. The fourth-order valence-electron chi connectivity index (χ4n) is 2.91. The summed E-state index contributed by atoms with van der Waals surface area (Å²) >= 11 is 0. The zero-order valence-electron chi connectivity index (χ0n) is 13.4. The first-order valence-corrected chi connectivity index (χ1v) is 7.26. The Labute approximate surface area is 145 Å². The van der Waals surface area contributed by atoms with E-state index in [4.69, 9.17) is 15.9 Å². The van der Waals surface area contributed by atoms with Crippen LogP contribution in [0.4, 0.5) is 0 Å². The van der Waals surface area contributed by atoms with Crippen LogP contribution in [-0.2, 0) is 19.2 Å². The van der Waals surface area contributed by atoms with Crippen LogP contribution in [0.15, 0.2) is 0 Å². The quantitative estimate of drug-likeness (QED) is 0.416. The molecule has 6 N–H and O–H groups in total. The molecule has 0 aromatic rings. The van der Waals surface area contributed by atoms with Crippen molar-refractivity contribution >= 4 is 36.2 Å². The van der Waals surface area contributed by atoms with Gasteiger partial charge in [-0.2, -0.15) is 0 Å². The van der Waals surface area contributed by atoms with E-state index in [9.17, 15) is 24.3 Å². The Hall–Kier alpha value is -1.87. The molecule has 1 saturated carbocycles. The van der Waals surface area contributed by atoms with Gasteiger partial charge in [0.15, 0.2) is 0 Å². The van der Waals surface area contributed by atoms with Crippen molar-refractivity contribution in [3.8, 4) is 0 Å². The van der Waals surface area contributed by atoms with E-state index in [1.165, 1.54) is 0 Å². The van der Waals surface area contributed by atoms with Gasteiger partial charge in [0, 0.05) is 0 Å². The highest BCUT2D eigenvalue weighted by Crippen LogP contribution is 2.40. The molecular weight excluding hydrogens is 344 g/mol. The Balaban J connectivity index is 0.00000529. The molecule has 0 aliphatic heterocycles. The Bertz CT molecular complexity index is 501. The number of rotatable bonds is 7. The van der Waals surface area contributed by atoms with Gasteiger partial charge >= 0.3 is 17.9 Å². The fourth-order valence-corrected chi connectivity index (χ4v) is 2.91. The minimum atomic E-state index is -1.93. The van der Waals surface area contributed by atoms with Crippen LogP contribution in [0.2, 0.25) is 0 Å². The van der Waals surface area contributed by atoms with Gasteiger partial charge in [-0.05, 0) is 25.2 Å². The fraction of sp³-hybridized carbons (Fsp3) is 0.714. The van der Waals surface area contributed by atoms with Crippen molar-refractivity contribution in [2.45, 2.75) is 44.7 Å². The minimum Gasteiger partial charge on any atom is -0.481 e. The predicted molar refractivity (Wildman–Crippen MR) is 84.7 cm³/mol. The number of carboxylic acid groups (broad SMARTS) is 3. The van der Waals surface area contributed by atoms with E-state index in [-0.39, 0.29) is 18.3 Å². The highest BCUT2D eigenvalue weighted by atomic mass is 35.5. The van der Waals surface area contributed by atoms with Crippen molar-refractivity contribution in [2.24, 2.45) is 23.5 Å². The molecular formula is C14H23ClN2O7. The van der Waals surface area contributed by atoms with E-state index in [0.717, 1.165) is 0 Å². The largest absolute Gasteiger partial charge is 0.481 e. The predicted octanol–water partition coefficient (Wildman–Crippen LogP) is -0.0834. The second-order valence-electron chi connectivity index (χ2n) is 6.41. The average Bonchev–Trinajstić information content (AvgIpc) is 2.79. The Morgan fingerprint density at radius 1 is 1.08 bits per heavy atom. The van der Waals surface area contributed by atoms with Crippen LogP contribution in [0.5, 0.6) is 0 Å². The van der Waals surface area contributed by atoms with Crippen molar-refractivity contribution in [1.82, 2.24) is 5.32 Å². The monoisotopic (exact) mass is 366 g/mol. The highest BCUT2D eigenvalue weighted by molar-refractivity contribution is 5.92. The molecule has 1 unspecified atom stereocenters. The van der Waals surface area contributed by atoms with Crippen molar-refractivity contribution in [1.29, 1.82) is 0 Å². The molecule has 0 aromatic heterocycles. The molecule has 138 valence electrons. The molecule has 0 radical (unpaired) electrons. The van der Waals surface area contributed by atoms with Crippen LogP contribution >= 0.6 is 12.4 Å². The molecule has 1 amide bonds. The number of carboxylic acids is 3. The molecule has 1 fully saturated rings. The molecule has 0 heterocycles. The van der Waals surface area contributed by atoms with Gasteiger partial charge in [-0.25, -0.2) is 4.79 Å². The first kappa shape index (κ1) is 22.1. The zero-order chi connectivity index (χ0) is 17.9. The second-order valence-corrected chi connectivity index (χ2v) is 6.41. The number of amides is 1. The summed E-state index contributed by atoms with van der Waals surface area (Å²) in [4.78, 5) is 46.1. The molecule has 0 bridgehead atoms. The number of hydrogen-bond acceptors (Lipinski definition) is 5. The van der Waals surface area contributed by atoms with Crippen molar-refractivity contribution in [2.75, 3.05) is 0 Å². The van der Waals surface area contributed by atoms with Crippen molar-refractivity contribution in [3.63, 3.8) is 0 Å². The van der Waals surface area contributed by atoms with E-state index in [0.29, 0.717) is 6.42 Å². The van der Waals surface area contributed by atoms with Crippen LogP contribution < -0.4 is 11.1 Å². The number of carbonyl (C=O) groups is 4. The summed E-state index contributed by atoms with van der Waals surface area (Å²) in [5.74, 6) is -7.65. The molecule has 1 rings (SSSR count). The van der Waals surface area contributed by atoms with Gasteiger partial charge < -0.3 is 26.4 Å². The zero-order valence-corrected chi connectivity index (χ0v) is 14.2. The summed E-state index contributed by atoms with van der Waals surface area (Å²) in [6.45, 7) is 3.69. The minimum absolute atomic E-state index is 0. The Morgan fingerprint density at radius 3 is 1.79 bits per heavy atom. The van der Waals surface area contributed by atoms with E-state index in [2.05, 4.69) is 5.32 Å². The first-order valence-electron chi connectivity index (χ1n) is 7.26. The first-order chi connectivity index (χ1) is 10.5. The van der Waals surface area contributed by atoms with Gasteiger partial charge in [0.2, 0.25) is 5.91 Å². The molecule has 1 aliphatic carbocycles. The van der Waals surface area contributed by atoms with Crippen LogP contribution in [0.25, 0.3) is 0 Å². The molecule has 0 aromatic carbocycles. The third-order valence-electron chi connectivity index (χ3n) is 4.09. The van der Waals surface area contributed by atoms with Gasteiger partial charge in [0.1, 0.15) is 5.54 Å². The van der Waals surface area contributed by atoms with Crippen molar-refractivity contribution in [3.05, 3.63) is 0 Å². The highest BCUT2D eigenvalue weighted by Gasteiger charge is 2.56. The summed E-state index contributed by atoms with van der Waals surface area (Å²) in [5, 5.41) is 29.9. The van der Waals surface area contributed by atoms with Gasteiger partial charge in [0.25, 0.3) is 0 Å². The maximum Gasteiger partial charge on any atom is 0.329 e. The maximum atomic E-state index is 12.1. The maximum absolute atomic E-state index is 12.1. The molecule has 10 heteroatoms. The lowest BCUT2D eigenvalue weighted by Crippen LogP contribution is -2.57. The Kier molecular flexibility index (Phi) is 7.65. The van der Waals surface area contributed by atoms with Crippen LogP contribution in [-0.4, -0.2) is 50.7 Å². The van der Waals surface area contributed by atoms with E-state index in [1.807, 2.05) is 13.8 Å². The van der Waals surface area contributed by atoms with Crippen LogP contribution in [0.3, 0.4) is 0 Å². The summed E-state index contributed by atoms with van der Waals surface area (Å²) < 4.78 is 0. The molecule has 9 nitrogen and oxygen atoms in total. The molecule has 0 saturated heterocycles. The van der Waals surface area contributed by atoms with E-state index in [1.54, 1.807) is 0 Å². The lowest BCUT2D eigenvalue weighted by molar-refractivity contribution is -0.152. The number of halogens is 1. The van der Waals surface area contributed by atoms with Gasteiger partial charge in [0.05, 0.1) is 17.9 Å². The number of nitrogens with two attached hydrogens (primary N) is 1. The molecule has 4 atom stereocenters. The lowest BCUT2D eigenvalue weighted by atomic mass is 9.94. The lowest BCUT2D eigenvalue weighted by Gasteiger charge is -2.27. The van der Waals surface area contributed by atoms with Crippen LogP contribution in [0.1, 0.15) is 33.1 Å². The van der Waals surface area contributed by atoms with Gasteiger partial charge in [-0.3, -0.25) is 14.4 Å². The normalized spacial score (nSPS) is 27.2. The summed E-state index contributed by atoms with van der Waals surface area (Å²) in [5.41, 5.74) is 3.77.